The van der Waals surface area contributed by atoms with Gasteiger partial charge in [-0.25, -0.2) is 4.79 Å². The lowest BCUT2D eigenvalue weighted by Gasteiger charge is -2.26. The number of benzene rings is 2. The predicted molar refractivity (Wildman–Crippen MR) is 98.3 cm³/mol. The molecule has 1 N–H and O–H groups in total. The van der Waals surface area contributed by atoms with Gasteiger partial charge in [0.2, 0.25) is 13.5 Å². The molecular formula is C21H20NO5+. The van der Waals surface area contributed by atoms with Crippen LogP contribution in [0.5, 0.6) is 17.2 Å². The molecule has 0 saturated carbocycles. The van der Waals surface area contributed by atoms with Crippen LogP contribution in [0.1, 0.15) is 23.6 Å². The second-order valence-electron chi connectivity index (χ2n) is 6.94. The summed E-state index contributed by atoms with van der Waals surface area (Å²) in [5, 5.41) is 0.990. The summed E-state index contributed by atoms with van der Waals surface area (Å²) in [4.78, 5) is 13.2. The summed E-state index contributed by atoms with van der Waals surface area (Å²) in [6.45, 7) is 4.39. The van der Waals surface area contributed by atoms with E-state index in [-0.39, 0.29) is 12.4 Å². The molecule has 27 heavy (non-hydrogen) atoms. The van der Waals surface area contributed by atoms with Gasteiger partial charge < -0.3 is 18.6 Å². The molecule has 1 atom stereocenters. The van der Waals surface area contributed by atoms with Crippen molar-refractivity contribution in [2.75, 3.05) is 13.5 Å². The quantitative estimate of drug-likeness (QED) is 0.719. The molecule has 0 radical (unpaired) electrons. The first-order valence-corrected chi connectivity index (χ1v) is 9.15. The Bertz CT molecular complexity index is 1090. The van der Waals surface area contributed by atoms with Gasteiger partial charge in [-0.05, 0) is 42.3 Å². The molecule has 6 nitrogen and oxygen atoms in total. The number of ether oxygens (including phenoxy) is 3. The number of hydrogen-bond donors (Lipinski definition) is 1. The predicted octanol–water partition coefficient (Wildman–Crippen LogP) is 2.02. The number of hydrogen-bond acceptors (Lipinski definition) is 5. The van der Waals surface area contributed by atoms with Crippen molar-refractivity contribution in [3.63, 3.8) is 0 Å². The number of rotatable bonds is 3. The summed E-state index contributed by atoms with van der Waals surface area (Å²) >= 11 is 0. The minimum atomic E-state index is -0.310. The highest BCUT2D eigenvalue weighted by Gasteiger charge is 2.25. The number of nitrogens with one attached hydrogen (secondary N) is 1. The van der Waals surface area contributed by atoms with Gasteiger partial charge in [0.1, 0.15) is 18.8 Å². The Labute approximate surface area is 155 Å². The van der Waals surface area contributed by atoms with Crippen LogP contribution in [0.2, 0.25) is 0 Å². The van der Waals surface area contributed by atoms with Crippen molar-refractivity contribution in [3.8, 4) is 17.2 Å². The van der Waals surface area contributed by atoms with Gasteiger partial charge in [0, 0.05) is 17.0 Å². The largest absolute Gasteiger partial charge is 0.454 e. The van der Waals surface area contributed by atoms with Gasteiger partial charge in [-0.2, -0.15) is 0 Å². The molecule has 6 heteroatoms. The molecule has 2 aliphatic rings. The van der Waals surface area contributed by atoms with Crippen molar-refractivity contribution in [2.45, 2.75) is 26.4 Å². The van der Waals surface area contributed by atoms with Crippen molar-refractivity contribution in [1.29, 1.82) is 0 Å². The smallest absolute Gasteiger partial charge is 0.336 e. The van der Waals surface area contributed by atoms with Gasteiger partial charge >= 0.3 is 5.63 Å². The third-order valence-corrected chi connectivity index (χ3v) is 5.19. The summed E-state index contributed by atoms with van der Waals surface area (Å²) in [5.41, 5.74) is 3.46. The lowest BCUT2D eigenvalue weighted by Crippen LogP contribution is -3.10. The summed E-state index contributed by atoms with van der Waals surface area (Å²) in [6.07, 6.45) is 0.787. The molecule has 1 unspecified atom stereocenters. The fourth-order valence-corrected chi connectivity index (χ4v) is 3.86. The SMILES string of the molecule is CCc1cc(=O)oc2c3c(ccc12)OC[NH+](Cc1ccc2c(c1)OCO2)C3. The van der Waals surface area contributed by atoms with Crippen LogP contribution in [-0.2, 0) is 19.5 Å². The van der Waals surface area contributed by atoms with Crippen LogP contribution in [-0.4, -0.2) is 13.5 Å². The van der Waals surface area contributed by atoms with Gasteiger partial charge in [-0.3, -0.25) is 4.90 Å². The molecule has 0 spiro atoms. The van der Waals surface area contributed by atoms with Gasteiger partial charge in [-0.15, -0.1) is 0 Å². The highest BCUT2D eigenvalue weighted by atomic mass is 16.7. The average Bonchev–Trinajstić information content (AvgIpc) is 3.15. The second-order valence-corrected chi connectivity index (χ2v) is 6.94. The monoisotopic (exact) mass is 366 g/mol. The van der Waals surface area contributed by atoms with E-state index in [1.807, 2.05) is 31.2 Å². The van der Waals surface area contributed by atoms with E-state index in [0.29, 0.717) is 12.3 Å². The van der Waals surface area contributed by atoms with Crippen LogP contribution in [0.4, 0.5) is 0 Å². The summed E-state index contributed by atoms with van der Waals surface area (Å²) < 4.78 is 22.4. The van der Waals surface area contributed by atoms with Crippen molar-refractivity contribution in [2.24, 2.45) is 0 Å². The highest BCUT2D eigenvalue weighted by Crippen LogP contribution is 2.33. The Hall–Kier alpha value is -2.99. The molecular weight excluding hydrogens is 346 g/mol. The fraction of sp³-hybridized carbons (Fsp3) is 0.286. The third kappa shape index (κ3) is 2.82. The Morgan fingerprint density at radius 3 is 2.74 bits per heavy atom. The third-order valence-electron chi connectivity index (χ3n) is 5.19. The van der Waals surface area contributed by atoms with Gasteiger partial charge in [0.25, 0.3) is 0 Å². The first kappa shape index (κ1) is 16.2. The van der Waals surface area contributed by atoms with Crippen LogP contribution in [0.3, 0.4) is 0 Å². The van der Waals surface area contributed by atoms with E-state index in [4.69, 9.17) is 18.6 Å². The second kappa shape index (κ2) is 6.32. The van der Waals surface area contributed by atoms with Crippen molar-refractivity contribution in [1.82, 2.24) is 0 Å². The summed E-state index contributed by atoms with van der Waals surface area (Å²) in [7, 11) is 0. The van der Waals surface area contributed by atoms with Gasteiger partial charge in [0.15, 0.2) is 17.1 Å². The summed E-state index contributed by atoms with van der Waals surface area (Å²) in [5.74, 6) is 2.37. The van der Waals surface area contributed by atoms with Crippen molar-refractivity contribution >= 4 is 11.0 Å². The molecule has 5 rings (SSSR count). The number of fused-ring (bicyclic) bond motifs is 4. The van der Waals surface area contributed by atoms with E-state index in [9.17, 15) is 4.79 Å². The normalized spacial score (nSPS) is 17.6. The Morgan fingerprint density at radius 2 is 1.85 bits per heavy atom. The zero-order chi connectivity index (χ0) is 18.4. The molecule has 0 saturated heterocycles. The summed E-state index contributed by atoms with van der Waals surface area (Å²) in [6, 6.07) is 11.6. The van der Waals surface area contributed by atoms with Crippen LogP contribution in [0.25, 0.3) is 11.0 Å². The molecule has 138 valence electrons. The Morgan fingerprint density at radius 1 is 1.00 bits per heavy atom. The van der Waals surface area contributed by atoms with E-state index in [1.54, 1.807) is 6.07 Å². The minimum Gasteiger partial charge on any atom is -0.454 e. The van der Waals surface area contributed by atoms with Crippen LogP contribution < -0.4 is 24.7 Å². The average molecular weight is 366 g/mol. The van der Waals surface area contributed by atoms with E-state index in [1.165, 1.54) is 4.90 Å². The minimum absolute atomic E-state index is 0.274. The number of quaternary nitrogens is 1. The molecule has 3 aromatic rings. The maximum absolute atomic E-state index is 12.0. The molecule has 0 amide bonds. The van der Waals surface area contributed by atoms with Crippen molar-refractivity contribution in [3.05, 3.63) is 63.5 Å². The Kier molecular flexibility index (Phi) is 3.79. The van der Waals surface area contributed by atoms with Gasteiger partial charge in [0.05, 0.1) is 5.56 Å². The molecule has 2 aliphatic heterocycles. The molecule has 3 heterocycles. The maximum atomic E-state index is 12.0. The van der Waals surface area contributed by atoms with E-state index in [2.05, 4.69) is 6.07 Å². The molecule has 0 fully saturated rings. The van der Waals surface area contributed by atoms with E-state index < -0.39 is 0 Å². The lowest BCUT2D eigenvalue weighted by atomic mass is 10.0. The lowest BCUT2D eigenvalue weighted by molar-refractivity contribution is -0.945. The van der Waals surface area contributed by atoms with Crippen LogP contribution in [0, 0.1) is 0 Å². The highest BCUT2D eigenvalue weighted by molar-refractivity contribution is 5.85. The zero-order valence-electron chi connectivity index (χ0n) is 15.0. The fourth-order valence-electron chi connectivity index (χ4n) is 3.86. The molecule has 0 aliphatic carbocycles. The molecule has 1 aromatic heterocycles. The van der Waals surface area contributed by atoms with E-state index >= 15 is 0 Å². The first-order valence-electron chi connectivity index (χ1n) is 9.15. The van der Waals surface area contributed by atoms with Crippen molar-refractivity contribution < 1.29 is 23.5 Å². The van der Waals surface area contributed by atoms with Crippen LogP contribution in [0.15, 0.2) is 45.6 Å². The number of aryl methyl sites for hydroxylation is 1. The maximum Gasteiger partial charge on any atom is 0.336 e. The van der Waals surface area contributed by atoms with Gasteiger partial charge in [-0.1, -0.05) is 6.92 Å². The zero-order valence-corrected chi connectivity index (χ0v) is 15.0. The Balaban J connectivity index is 1.48. The first-order chi connectivity index (χ1) is 13.2. The topological polar surface area (TPSA) is 62.3 Å². The standard InChI is InChI=1S/C21H19NO5/c1-2-14-8-20(23)27-21-15(14)4-6-17-16(21)10-22(11-24-17)9-13-3-5-18-19(7-13)26-12-25-18/h3-8H,2,9-12H2,1H3/p+1. The van der Waals surface area contributed by atoms with Crippen LogP contribution >= 0.6 is 0 Å². The van der Waals surface area contributed by atoms with E-state index in [0.717, 1.165) is 58.8 Å². The molecule has 0 bridgehead atoms. The molecule has 2 aromatic carbocycles.